The molecule has 0 fully saturated rings. The molecule has 0 bridgehead atoms. The number of rotatable bonds is 5. The van der Waals surface area contributed by atoms with Gasteiger partial charge in [0.1, 0.15) is 6.10 Å². The van der Waals surface area contributed by atoms with Crippen LogP contribution in [0.15, 0.2) is 42.5 Å². The molecule has 0 amide bonds. The van der Waals surface area contributed by atoms with E-state index in [4.69, 9.17) is 0 Å². The third kappa shape index (κ3) is 3.68. The molecular weight excluding hydrogens is 188 g/mol. The van der Waals surface area contributed by atoms with Crippen molar-refractivity contribution < 1.29 is 9.90 Å². The topological polar surface area (TPSA) is 37.3 Å². The van der Waals surface area contributed by atoms with E-state index in [9.17, 15) is 9.90 Å². The van der Waals surface area contributed by atoms with Gasteiger partial charge in [0.25, 0.3) is 0 Å². The fourth-order valence-corrected chi connectivity index (χ4v) is 1.26. The summed E-state index contributed by atoms with van der Waals surface area (Å²) in [5.74, 6) is -0.255. The highest BCUT2D eigenvalue weighted by molar-refractivity contribution is 5.94. The number of benzene rings is 1. The molecule has 0 saturated heterocycles. The summed E-state index contributed by atoms with van der Waals surface area (Å²) in [6.45, 7) is 2.04. The molecule has 15 heavy (non-hydrogen) atoms. The molecule has 1 unspecified atom stereocenters. The van der Waals surface area contributed by atoms with Gasteiger partial charge in [-0.15, -0.1) is 0 Å². The van der Waals surface area contributed by atoms with E-state index >= 15 is 0 Å². The molecule has 1 atom stereocenters. The Morgan fingerprint density at radius 1 is 1.40 bits per heavy atom. The summed E-state index contributed by atoms with van der Waals surface area (Å²) in [4.78, 5) is 11.5. The smallest absolute Gasteiger partial charge is 0.188 e. The van der Waals surface area contributed by atoms with Crippen molar-refractivity contribution in [3.05, 3.63) is 48.0 Å². The molecule has 1 aromatic rings. The van der Waals surface area contributed by atoms with Crippen LogP contribution in [0.5, 0.6) is 0 Å². The normalized spacial score (nSPS) is 12.9. The summed E-state index contributed by atoms with van der Waals surface area (Å²) in [6, 6.07) is 8.96. The highest BCUT2D eigenvalue weighted by atomic mass is 16.3. The summed E-state index contributed by atoms with van der Waals surface area (Å²) in [5.41, 5.74) is 0.642. The third-order valence-corrected chi connectivity index (χ3v) is 2.12. The van der Waals surface area contributed by atoms with E-state index in [-0.39, 0.29) is 5.78 Å². The lowest BCUT2D eigenvalue weighted by Gasteiger charge is -2.06. The number of allylic oxidation sites excluding steroid dienone is 1. The van der Waals surface area contributed by atoms with Crippen molar-refractivity contribution in [2.75, 3.05) is 0 Å². The second-order valence-corrected chi connectivity index (χ2v) is 3.41. The minimum atomic E-state index is -1.03. The lowest BCUT2D eigenvalue weighted by Crippen LogP contribution is -2.08. The molecule has 1 aromatic carbocycles. The minimum Gasteiger partial charge on any atom is -0.380 e. The lowest BCUT2D eigenvalue weighted by atomic mass is 10.1. The molecule has 0 radical (unpaired) electrons. The molecule has 2 nitrogen and oxygen atoms in total. The maximum Gasteiger partial charge on any atom is 0.188 e. The number of hydrogen-bond donors (Lipinski definition) is 1. The van der Waals surface area contributed by atoms with E-state index in [1.165, 1.54) is 6.08 Å². The van der Waals surface area contributed by atoms with E-state index < -0.39 is 6.10 Å². The maximum absolute atomic E-state index is 11.5. The van der Waals surface area contributed by atoms with Crippen molar-refractivity contribution in [2.24, 2.45) is 0 Å². The number of unbranched alkanes of at least 4 members (excludes halogenated alkanes) is 1. The highest BCUT2D eigenvalue weighted by Crippen LogP contribution is 2.13. The Balaban J connectivity index is 2.61. The number of ketones is 1. The molecule has 0 aliphatic heterocycles. The van der Waals surface area contributed by atoms with E-state index in [0.29, 0.717) is 5.56 Å². The van der Waals surface area contributed by atoms with Gasteiger partial charge in [-0.25, -0.2) is 0 Å². The van der Waals surface area contributed by atoms with Gasteiger partial charge in [0.05, 0.1) is 0 Å². The van der Waals surface area contributed by atoms with Crippen LogP contribution in [0.2, 0.25) is 0 Å². The Morgan fingerprint density at radius 3 is 2.67 bits per heavy atom. The van der Waals surface area contributed by atoms with Gasteiger partial charge in [0, 0.05) is 0 Å². The van der Waals surface area contributed by atoms with Crippen LogP contribution in [-0.4, -0.2) is 10.9 Å². The Labute approximate surface area is 90.3 Å². The fraction of sp³-hybridized carbons (Fsp3) is 0.308. The second kappa shape index (κ2) is 6.14. The first-order valence-electron chi connectivity index (χ1n) is 5.19. The van der Waals surface area contributed by atoms with Crippen molar-refractivity contribution in [1.29, 1.82) is 0 Å². The molecule has 0 saturated carbocycles. The molecule has 0 aliphatic carbocycles. The first-order chi connectivity index (χ1) is 7.25. The predicted molar refractivity (Wildman–Crippen MR) is 60.5 cm³/mol. The summed E-state index contributed by atoms with van der Waals surface area (Å²) in [5, 5.41) is 9.69. The van der Waals surface area contributed by atoms with Crippen LogP contribution in [0, 0.1) is 0 Å². The molecule has 80 valence electrons. The minimum absolute atomic E-state index is 0.255. The Bertz CT molecular complexity index is 328. The number of aliphatic hydroxyl groups excluding tert-OH is 1. The first-order valence-corrected chi connectivity index (χ1v) is 5.19. The van der Waals surface area contributed by atoms with Gasteiger partial charge in [-0.1, -0.05) is 49.8 Å². The van der Waals surface area contributed by atoms with Crippen LogP contribution in [0.25, 0.3) is 0 Å². The Kier molecular flexibility index (Phi) is 4.78. The van der Waals surface area contributed by atoms with Crippen molar-refractivity contribution in [2.45, 2.75) is 25.9 Å². The van der Waals surface area contributed by atoms with Crippen LogP contribution >= 0.6 is 0 Å². The molecule has 0 aliphatic rings. The zero-order valence-electron chi connectivity index (χ0n) is 8.89. The highest BCUT2D eigenvalue weighted by Gasteiger charge is 2.13. The number of carbonyl (C=O) groups is 1. The van der Waals surface area contributed by atoms with Gasteiger partial charge < -0.3 is 5.11 Å². The van der Waals surface area contributed by atoms with E-state index in [1.807, 2.05) is 25.1 Å². The maximum atomic E-state index is 11.5. The largest absolute Gasteiger partial charge is 0.380 e. The molecule has 0 heterocycles. The quantitative estimate of drug-likeness (QED) is 0.749. The van der Waals surface area contributed by atoms with Gasteiger partial charge in [0.2, 0.25) is 0 Å². The zero-order valence-corrected chi connectivity index (χ0v) is 8.89. The fourth-order valence-electron chi connectivity index (χ4n) is 1.26. The number of aliphatic hydroxyl groups is 1. The molecule has 2 heteroatoms. The summed E-state index contributed by atoms with van der Waals surface area (Å²) in [7, 11) is 0. The summed E-state index contributed by atoms with van der Waals surface area (Å²) in [6.07, 6.45) is 4.10. The van der Waals surface area contributed by atoms with Crippen LogP contribution in [-0.2, 0) is 4.79 Å². The van der Waals surface area contributed by atoms with Crippen molar-refractivity contribution in [3.63, 3.8) is 0 Å². The Morgan fingerprint density at radius 2 is 2.07 bits per heavy atom. The van der Waals surface area contributed by atoms with Crippen LogP contribution in [0.4, 0.5) is 0 Å². The zero-order chi connectivity index (χ0) is 11.1. The molecular formula is C13H16O2. The molecule has 1 rings (SSSR count). The van der Waals surface area contributed by atoms with Gasteiger partial charge >= 0.3 is 0 Å². The van der Waals surface area contributed by atoms with Crippen molar-refractivity contribution in [3.8, 4) is 0 Å². The van der Waals surface area contributed by atoms with Crippen molar-refractivity contribution in [1.82, 2.24) is 0 Å². The van der Waals surface area contributed by atoms with Gasteiger partial charge in [-0.05, 0) is 18.1 Å². The molecule has 0 spiro atoms. The van der Waals surface area contributed by atoms with Crippen LogP contribution in [0.3, 0.4) is 0 Å². The first kappa shape index (κ1) is 11.7. The monoisotopic (exact) mass is 204 g/mol. The number of carbonyl (C=O) groups excluding carboxylic acids is 1. The number of hydrogen-bond acceptors (Lipinski definition) is 2. The van der Waals surface area contributed by atoms with Crippen molar-refractivity contribution >= 4 is 5.78 Å². The average molecular weight is 204 g/mol. The third-order valence-electron chi connectivity index (χ3n) is 2.12. The lowest BCUT2D eigenvalue weighted by molar-refractivity contribution is -0.122. The summed E-state index contributed by atoms with van der Waals surface area (Å²) >= 11 is 0. The molecule has 0 aromatic heterocycles. The van der Waals surface area contributed by atoms with E-state index in [2.05, 4.69) is 0 Å². The van der Waals surface area contributed by atoms with Crippen LogP contribution in [0.1, 0.15) is 31.4 Å². The average Bonchev–Trinajstić information content (AvgIpc) is 2.29. The van der Waals surface area contributed by atoms with E-state index in [1.54, 1.807) is 18.2 Å². The predicted octanol–water partition coefficient (Wildman–Crippen LogP) is 2.65. The van der Waals surface area contributed by atoms with Gasteiger partial charge in [0.15, 0.2) is 5.78 Å². The molecule has 1 N–H and O–H groups in total. The van der Waals surface area contributed by atoms with Gasteiger partial charge in [-0.2, -0.15) is 0 Å². The summed E-state index contributed by atoms with van der Waals surface area (Å²) < 4.78 is 0. The van der Waals surface area contributed by atoms with E-state index in [0.717, 1.165) is 12.8 Å². The van der Waals surface area contributed by atoms with Crippen LogP contribution < -0.4 is 0 Å². The second-order valence-electron chi connectivity index (χ2n) is 3.41. The standard InChI is InChI=1S/C13H16O2/c1-2-3-5-10-12(14)13(15)11-8-6-4-7-9-11/h4-10,13,15H,2-3H2,1H3/b10-5+. The SMILES string of the molecule is CCC/C=C/C(=O)C(O)c1ccccc1. The Hall–Kier alpha value is -1.41. The van der Waals surface area contributed by atoms with Gasteiger partial charge in [-0.3, -0.25) is 4.79 Å².